The summed E-state index contributed by atoms with van der Waals surface area (Å²) in [6.07, 6.45) is 0.769. The van der Waals surface area contributed by atoms with Crippen LogP contribution in [0.25, 0.3) is 0 Å². The normalized spacial score (nSPS) is 12.2. The third-order valence-electron chi connectivity index (χ3n) is 2.54. The van der Waals surface area contributed by atoms with E-state index in [0.717, 1.165) is 3.57 Å². The van der Waals surface area contributed by atoms with Crippen LogP contribution in [-0.4, -0.2) is 17.2 Å². The Kier molecular flexibility index (Phi) is 4.42. The SMILES string of the molecule is COc1cccnc1C(O)c1ccc(I)c(Cl)c1. The molecule has 1 heterocycles. The number of ether oxygens (including phenoxy) is 1. The van der Waals surface area contributed by atoms with E-state index in [2.05, 4.69) is 27.6 Å². The standard InChI is InChI=1S/C13H11ClINO2/c1-18-11-3-2-6-16-12(11)13(17)8-4-5-10(15)9(14)7-8/h2-7,13,17H,1H3. The average molecular weight is 376 g/mol. The van der Waals surface area contributed by atoms with E-state index in [1.165, 1.54) is 0 Å². The Morgan fingerprint density at radius 1 is 1.39 bits per heavy atom. The van der Waals surface area contributed by atoms with Crippen LogP contribution >= 0.6 is 34.2 Å². The van der Waals surface area contributed by atoms with E-state index in [4.69, 9.17) is 16.3 Å². The summed E-state index contributed by atoms with van der Waals surface area (Å²) in [5, 5.41) is 10.9. The van der Waals surface area contributed by atoms with Crippen LogP contribution in [0.4, 0.5) is 0 Å². The van der Waals surface area contributed by atoms with E-state index in [-0.39, 0.29) is 0 Å². The molecule has 5 heteroatoms. The lowest BCUT2D eigenvalue weighted by Gasteiger charge is -2.14. The zero-order valence-electron chi connectivity index (χ0n) is 9.60. The van der Waals surface area contributed by atoms with Gasteiger partial charge in [-0.3, -0.25) is 4.98 Å². The molecule has 1 N–H and O–H groups in total. The number of pyridine rings is 1. The second kappa shape index (κ2) is 5.86. The van der Waals surface area contributed by atoms with Crippen LogP contribution in [0.3, 0.4) is 0 Å². The van der Waals surface area contributed by atoms with Crippen molar-refractivity contribution in [3.8, 4) is 5.75 Å². The van der Waals surface area contributed by atoms with Crippen molar-refractivity contribution in [1.82, 2.24) is 4.98 Å². The van der Waals surface area contributed by atoms with Crippen molar-refractivity contribution in [2.24, 2.45) is 0 Å². The highest BCUT2D eigenvalue weighted by Crippen LogP contribution is 2.30. The maximum Gasteiger partial charge on any atom is 0.143 e. The number of benzene rings is 1. The number of hydrogen-bond donors (Lipinski definition) is 1. The fourth-order valence-corrected chi connectivity index (χ4v) is 2.15. The van der Waals surface area contributed by atoms with E-state index in [9.17, 15) is 5.11 Å². The van der Waals surface area contributed by atoms with E-state index < -0.39 is 6.10 Å². The van der Waals surface area contributed by atoms with Crippen LogP contribution in [0, 0.1) is 3.57 Å². The molecule has 3 nitrogen and oxygen atoms in total. The maximum absolute atomic E-state index is 10.3. The molecule has 2 aromatic rings. The van der Waals surface area contributed by atoms with Gasteiger partial charge in [0.15, 0.2) is 0 Å². The minimum Gasteiger partial charge on any atom is -0.495 e. The number of aliphatic hydroxyl groups excluding tert-OH is 1. The maximum atomic E-state index is 10.3. The van der Waals surface area contributed by atoms with E-state index >= 15 is 0 Å². The monoisotopic (exact) mass is 375 g/mol. The Bertz CT molecular complexity index is 562. The minimum atomic E-state index is -0.851. The Morgan fingerprint density at radius 2 is 2.17 bits per heavy atom. The van der Waals surface area contributed by atoms with Gasteiger partial charge in [0.1, 0.15) is 17.5 Å². The van der Waals surface area contributed by atoms with E-state index in [1.807, 2.05) is 12.1 Å². The summed E-state index contributed by atoms with van der Waals surface area (Å²) in [4.78, 5) is 4.16. The lowest BCUT2D eigenvalue weighted by Crippen LogP contribution is -2.05. The summed E-state index contributed by atoms with van der Waals surface area (Å²) in [5.41, 5.74) is 1.18. The molecule has 0 saturated carbocycles. The summed E-state index contributed by atoms with van der Waals surface area (Å²) in [5.74, 6) is 0.555. The molecule has 0 amide bonds. The summed E-state index contributed by atoms with van der Waals surface area (Å²) in [7, 11) is 1.55. The lowest BCUT2D eigenvalue weighted by molar-refractivity contribution is 0.209. The van der Waals surface area contributed by atoms with Gasteiger partial charge in [0.25, 0.3) is 0 Å². The first-order valence-corrected chi connectivity index (χ1v) is 6.71. The van der Waals surface area contributed by atoms with E-state index in [0.29, 0.717) is 22.0 Å². The van der Waals surface area contributed by atoms with Gasteiger partial charge >= 0.3 is 0 Å². The Balaban J connectivity index is 2.41. The second-order valence-electron chi connectivity index (χ2n) is 3.67. The quantitative estimate of drug-likeness (QED) is 0.836. The van der Waals surface area contributed by atoms with Crippen LogP contribution in [0.15, 0.2) is 36.5 Å². The average Bonchev–Trinajstić information content (AvgIpc) is 2.41. The van der Waals surface area contributed by atoms with Crippen LogP contribution < -0.4 is 4.74 Å². The number of nitrogens with zero attached hydrogens (tertiary/aromatic N) is 1. The predicted octanol–water partition coefficient (Wildman–Crippen LogP) is 3.43. The van der Waals surface area contributed by atoms with Gasteiger partial charge in [0.05, 0.1) is 12.1 Å². The van der Waals surface area contributed by atoms with Gasteiger partial charge in [-0.25, -0.2) is 0 Å². The molecule has 0 aliphatic rings. The highest BCUT2D eigenvalue weighted by molar-refractivity contribution is 14.1. The highest BCUT2D eigenvalue weighted by atomic mass is 127. The highest BCUT2D eigenvalue weighted by Gasteiger charge is 2.17. The molecule has 1 aromatic heterocycles. The smallest absolute Gasteiger partial charge is 0.143 e. The number of rotatable bonds is 3. The molecule has 1 atom stereocenters. The van der Waals surface area contributed by atoms with Gasteiger partial charge in [0.2, 0.25) is 0 Å². The first-order chi connectivity index (χ1) is 8.63. The first-order valence-electron chi connectivity index (χ1n) is 5.25. The molecule has 2 rings (SSSR count). The molecule has 0 spiro atoms. The van der Waals surface area contributed by atoms with Gasteiger partial charge in [-0.15, -0.1) is 0 Å². The molecule has 94 valence electrons. The van der Waals surface area contributed by atoms with Gasteiger partial charge in [-0.1, -0.05) is 17.7 Å². The molecule has 1 aromatic carbocycles. The molecule has 0 fully saturated rings. The topological polar surface area (TPSA) is 42.4 Å². The first kappa shape index (κ1) is 13.6. The van der Waals surface area contributed by atoms with Crippen molar-refractivity contribution < 1.29 is 9.84 Å². The van der Waals surface area contributed by atoms with Crippen LogP contribution in [0.5, 0.6) is 5.75 Å². The molecule has 1 unspecified atom stereocenters. The fraction of sp³-hybridized carbons (Fsp3) is 0.154. The Hall–Kier alpha value is -0.850. The van der Waals surface area contributed by atoms with Crippen molar-refractivity contribution in [2.75, 3.05) is 7.11 Å². The van der Waals surface area contributed by atoms with Crippen molar-refractivity contribution >= 4 is 34.2 Å². The summed E-state index contributed by atoms with van der Waals surface area (Å²) >= 11 is 8.19. The summed E-state index contributed by atoms with van der Waals surface area (Å²) < 4.78 is 6.13. The Morgan fingerprint density at radius 3 is 2.83 bits per heavy atom. The number of aliphatic hydroxyl groups is 1. The van der Waals surface area contributed by atoms with Gasteiger partial charge in [-0.05, 0) is 52.4 Å². The molecular formula is C13H11ClINO2. The van der Waals surface area contributed by atoms with Gasteiger partial charge in [-0.2, -0.15) is 0 Å². The minimum absolute atomic E-state index is 0.484. The van der Waals surface area contributed by atoms with Crippen molar-refractivity contribution in [3.05, 3.63) is 56.4 Å². The van der Waals surface area contributed by atoms with Crippen LogP contribution in [0.1, 0.15) is 17.4 Å². The number of halogens is 2. The zero-order chi connectivity index (χ0) is 13.1. The largest absolute Gasteiger partial charge is 0.495 e. The molecule has 0 aliphatic heterocycles. The summed E-state index contributed by atoms with van der Waals surface area (Å²) in [6.45, 7) is 0. The molecule has 18 heavy (non-hydrogen) atoms. The molecular weight excluding hydrogens is 365 g/mol. The molecule has 0 bridgehead atoms. The number of methoxy groups -OCH3 is 1. The zero-order valence-corrected chi connectivity index (χ0v) is 12.5. The fourth-order valence-electron chi connectivity index (χ4n) is 1.62. The van der Waals surface area contributed by atoms with Crippen LogP contribution in [0.2, 0.25) is 5.02 Å². The molecule has 0 saturated heterocycles. The number of hydrogen-bond acceptors (Lipinski definition) is 3. The van der Waals surface area contributed by atoms with Crippen molar-refractivity contribution in [1.29, 1.82) is 0 Å². The van der Waals surface area contributed by atoms with Crippen LogP contribution in [-0.2, 0) is 0 Å². The van der Waals surface area contributed by atoms with Crippen molar-refractivity contribution in [3.63, 3.8) is 0 Å². The van der Waals surface area contributed by atoms with Gasteiger partial charge in [0, 0.05) is 9.77 Å². The van der Waals surface area contributed by atoms with Crippen molar-refractivity contribution in [2.45, 2.75) is 6.10 Å². The Labute approximate surface area is 124 Å². The molecule has 0 aliphatic carbocycles. The third-order valence-corrected chi connectivity index (χ3v) is 4.11. The second-order valence-corrected chi connectivity index (χ2v) is 5.24. The summed E-state index contributed by atoms with van der Waals surface area (Å²) in [6, 6.07) is 8.95. The van der Waals surface area contributed by atoms with E-state index in [1.54, 1.807) is 31.5 Å². The molecule has 0 radical (unpaired) electrons. The number of aromatic nitrogens is 1. The lowest BCUT2D eigenvalue weighted by atomic mass is 10.1. The third kappa shape index (κ3) is 2.76. The van der Waals surface area contributed by atoms with Gasteiger partial charge < -0.3 is 9.84 Å². The predicted molar refractivity (Wildman–Crippen MR) is 79.0 cm³/mol.